The minimum Gasteiger partial charge on any atom is -0.348 e. The van der Waals surface area contributed by atoms with Gasteiger partial charge in [-0.25, -0.2) is 8.42 Å². The molecule has 0 aromatic heterocycles. The number of rotatable bonds is 6. The van der Waals surface area contributed by atoms with E-state index in [1.165, 1.54) is 15.3 Å². The van der Waals surface area contributed by atoms with Gasteiger partial charge in [-0.2, -0.15) is 4.31 Å². The zero-order chi connectivity index (χ0) is 16.2. The van der Waals surface area contributed by atoms with Crippen molar-refractivity contribution in [3.63, 3.8) is 0 Å². The van der Waals surface area contributed by atoms with Gasteiger partial charge in [-0.15, -0.1) is 0 Å². The molecule has 1 aromatic carbocycles. The lowest BCUT2D eigenvalue weighted by atomic mass is 10.2. The maximum Gasteiger partial charge on any atom is 0.245 e. The number of nitrogens with zero attached hydrogens (tertiary/aromatic N) is 2. The lowest BCUT2D eigenvalue weighted by molar-refractivity contribution is -0.128. The molecule has 0 spiro atoms. The number of carbonyl (C=O) groups excluding carboxylic acids is 1. The van der Waals surface area contributed by atoms with Crippen molar-refractivity contribution in [3.8, 4) is 0 Å². The molecule has 0 saturated carbocycles. The highest BCUT2D eigenvalue weighted by Crippen LogP contribution is 2.27. The quantitative estimate of drug-likeness (QED) is 0.802. The Bertz CT molecular complexity index is 615. The number of carbonyl (C=O) groups is 1. The van der Waals surface area contributed by atoms with Gasteiger partial charge in [0, 0.05) is 20.6 Å². The van der Waals surface area contributed by atoms with Crippen LogP contribution in [0.3, 0.4) is 0 Å². The summed E-state index contributed by atoms with van der Waals surface area (Å²) in [6, 6.07) is 4.86. The molecular weight excluding hydrogens is 312 g/mol. The van der Waals surface area contributed by atoms with Gasteiger partial charge in [0.25, 0.3) is 0 Å². The van der Waals surface area contributed by atoms with Crippen LogP contribution in [0.25, 0.3) is 0 Å². The molecule has 1 aromatic rings. The molecule has 0 saturated heterocycles. The van der Waals surface area contributed by atoms with Crippen LogP contribution < -0.4 is 0 Å². The van der Waals surface area contributed by atoms with E-state index < -0.39 is 10.0 Å². The predicted molar refractivity (Wildman–Crippen MR) is 83.9 cm³/mol. The van der Waals surface area contributed by atoms with Crippen LogP contribution in [0.5, 0.6) is 0 Å². The van der Waals surface area contributed by atoms with Crippen LogP contribution in [0.2, 0.25) is 5.02 Å². The van der Waals surface area contributed by atoms with Gasteiger partial charge >= 0.3 is 0 Å². The van der Waals surface area contributed by atoms with Crippen molar-refractivity contribution in [3.05, 3.63) is 28.8 Å². The molecule has 0 bridgehead atoms. The Balaban J connectivity index is 3.22. The highest BCUT2D eigenvalue weighted by Gasteiger charge is 2.28. The summed E-state index contributed by atoms with van der Waals surface area (Å²) in [5.74, 6) is -0.268. The van der Waals surface area contributed by atoms with Gasteiger partial charge in [0.05, 0.1) is 11.6 Å². The first-order chi connectivity index (χ1) is 9.71. The maximum absolute atomic E-state index is 12.7. The molecule has 5 nitrogen and oxygen atoms in total. The van der Waals surface area contributed by atoms with E-state index in [1.54, 1.807) is 33.2 Å². The number of likely N-dealkylation sites (N-methyl/N-ethyl adjacent to an activating group) is 1. The number of aryl methyl sites for hydroxylation is 1. The minimum absolute atomic E-state index is 0.0455. The molecule has 0 heterocycles. The highest BCUT2D eigenvalue weighted by atomic mass is 35.5. The largest absolute Gasteiger partial charge is 0.348 e. The van der Waals surface area contributed by atoms with Crippen molar-refractivity contribution in [2.45, 2.75) is 25.2 Å². The lowest BCUT2D eigenvalue weighted by Gasteiger charge is -2.23. The first kappa shape index (κ1) is 17.9. The molecule has 7 heteroatoms. The second-order valence-electron chi connectivity index (χ2n) is 5.01. The second-order valence-corrected chi connectivity index (χ2v) is 7.30. The Morgan fingerprint density at radius 3 is 2.43 bits per heavy atom. The summed E-state index contributed by atoms with van der Waals surface area (Å²) in [6.07, 6.45) is 0.614. The van der Waals surface area contributed by atoms with Crippen molar-refractivity contribution in [2.75, 3.05) is 27.2 Å². The smallest absolute Gasteiger partial charge is 0.245 e. The summed E-state index contributed by atoms with van der Waals surface area (Å²) in [5, 5.41) is 0.205. The molecule has 0 radical (unpaired) electrons. The number of halogens is 1. The Hall–Kier alpha value is -1.11. The molecular formula is C14H21ClN2O3S. The van der Waals surface area contributed by atoms with Gasteiger partial charge in [-0.1, -0.05) is 30.7 Å². The minimum atomic E-state index is -3.79. The van der Waals surface area contributed by atoms with Crippen LogP contribution in [0.1, 0.15) is 18.9 Å². The normalized spacial score (nSPS) is 11.7. The standard InChI is InChI=1S/C14H21ClN2O3S/c1-5-9-17(10-13(18)16(3)4)21(19,20)12-8-6-7-11(2)14(12)15/h6-8H,5,9-10H2,1-4H3. The Labute approximate surface area is 131 Å². The van der Waals surface area contributed by atoms with Crippen molar-refractivity contribution in [1.29, 1.82) is 0 Å². The van der Waals surface area contributed by atoms with E-state index in [0.717, 1.165) is 0 Å². The number of sulfonamides is 1. The molecule has 21 heavy (non-hydrogen) atoms. The third-order valence-corrected chi connectivity index (χ3v) is 5.56. The van der Waals surface area contributed by atoms with Crippen molar-refractivity contribution in [2.24, 2.45) is 0 Å². The fraction of sp³-hybridized carbons (Fsp3) is 0.500. The monoisotopic (exact) mass is 332 g/mol. The van der Waals surface area contributed by atoms with Gasteiger partial charge in [-0.3, -0.25) is 4.79 Å². The average molecular weight is 333 g/mol. The van der Waals surface area contributed by atoms with Crippen molar-refractivity contribution < 1.29 is 13.2 Å². The molecule has 0 unspecified atom stereocenters. The molecule has 0 fully saturated rings. The summed E-state index contributed by atoms with van der Waals surface area (Å²) in [7, 11) is -0.599. The molecule has 0 aliphatic rings. The zero-order valence-corrected chi connectivity index (χ0v) is 14.3. The maximum atomic E-state index is 12.7. The Morgan fingerprint density at radius 1 is 1.29 bits per heavy atom. The summed E-state index contributed by atoms with van der Waals surface area (Å²) in [6.45, 7) is 3.69. The van der Waals surface area contributed by atoms with Gasteiger partial charge in [-0.05, 0) is 25.0 Å². The van der Waals surface area contributed by atoms with E-state index in [9.17, 15) is 13.2 Å². The molecule has 1 rings (SSSR count). The molecule has 118 valence electrons. The van der Waals surface area contributed by atoms with E-state index in [0.29, 0.717) is 12.0 Å². The molecule has 0 aliphatic heterocycles. The summed E-state index contributed by atoms with van der Waals surface area (Å²) >= 11 is 6.12. The van der Waals surface area contributed by atoms with Crippen LogP contribution in [0, 0.1) is 6.92 Å². The van der Waals surface area contributed by atoms with E-state index in [4.69, 9.17) is 11.6 Å². The van der Waals surface area contributed by atoms with Crippen LogP contribution in [-0.2, 0) is 14.8 Å². The third-order valence-electron chi connectivity index (χ3n) is 3.06. The first-order valence-corrected chi connectivity index (χ1v) is 8.49. The van der Waals surface area contributed by atoms with E-state index in [1.807, 2.05) is 6.92 Å². The van der Waals surface area contributed by atoms with Gasteiger partial charge in [0.1, 0.15) is 4.90 Å². The Kier molecular flexibility index (Phi) is 6.19. The third kappa shape index (κ3) is 4.18. The zero-order valence-electron chi connectivity index (χ0n) is 12.8. The van der Waals surface area contributed by atoms with Crippen LogP contribution in [0.4, 0.5) is 0 Å². The first-order valence-electron chi connectivity index (χ1n) is 6.67. The van der Waals surface area contributed by atoms with Crippen LogP contribution in [-0.4, -0.2) is 50.7 Å². The molecule has 0 aliphatic carbocycles. The van der Waals surface area contributed by atoms with Crippen LogP contribution >= 0.6 is 11.6 Å². The van der Waals surface area contributed by atoms with E-state index >= 15 is 0 Å². The predicted octanol–water partition coefficient (Wildman–Crippen LogP) is 2.14. The summed E-state index contributed by atoms with van der Waals surface area (Å²) < 4.78 is 26.6. The van der Waals surface area contributed by atoms with Gasteiger partial charge in [0.15, 0.2) is 0 Å². The number of benzene rings is 1. The molecule has 0 N–H and O–H groups in total. The Morgan fingerprint density at radius 2 is 1.90 bits per heavy atom. The van der Waals surface area contributed by atoms with Gasteiger partial charge in [0.2, 0.25) is 15.9 Å². The van der Waals surface area contributed by atoms with Crippen LogP contribution in [0.15, 0.2) is 23.1 Å². The summed E-state index contributed by atoms with van der Waals surface area (Å²) in [4.78, 5) is 13.3. The number of hydrogen-bond acceptors (Lipinski definition) is 3. The van der Waals surface area contributed by atoms with Gasteiger partial charge < -0.3 is 4.90 Å². The average Bonchev–Trinajstić information content (AvgIpc) is 2.40. The van der Waals surface area contributed by atoms with Crippen molar-refractivity contribution >= 4 is 27.5 Å². The number of hydrogen-bond donors (Lipinski definition) is 0. The fourth-order valence-electron chi connectivity index (χ4n) is 1.78. The second kappa shape index (κ2) is 7.24. The summed E-state index contributed by atoms with van der Waals surface area (Å²) in [5.41, 5.74) is 0.688. The van der Waals surface area contributed by atoms with Crippen molar-refractivity contribution in [1.82, 2.24) is 9.21 Å². The molecule has 0 atom stereocenters. The van der Waals surface area contributed by atoms with E-state index in [-0.39, 0.29) is 28.9 Å². The SMILES string of the molecule is CCCN(CC(=O)N(C)C)S(=O)(=O)c1cccc(C)c1Cl. The fourth-order valence-corrected chi connectivity index (χ4v) is 3.82. The topological polar surface area (TPSA) is 57.7 Å². The highest BCUT2D eigenvalue weighted by molar-refractivity contribution is 7.89. The number of amides is 1. The van der Waals surface area contributed by atoms with E-state index in [2.05, 4.69) is 0 Å². The molecule has 1 amide bonds. The lowest BCUT2D eigenvalue weighted by Crippen LogP contribution is -2.40.